The molecule has 3 aliphatic rings. The van der Waals surface area contributed by atoms with Crippen LogP contribution in [-0.4, -0.2) is 26.8 Å². The van der Waals surface area contributed by atoms with Crippen molar-refractivity contribution in [2.45, 2.75) is 32.6 Å². The first-order chi connectivity index (χ1) is 14.4. The van der Waals surface area contributed by atoms with Crippen molar-refractivity contribution in [3.8, 4) is 23.0 Å². The van der Waals surface area contributed by atoms with Crippen molar-refractivity contribution in [3.05, 3.63) is 52.7 Å². The maximum absolute atomic E-state index is 13.4. The van der Waals surface area contributed by atoms with Crippen molar-refractivity contribution in [3.63, 3.8) is 0 Å². The van der Waals surface area contributed by atoms with E-state index in [1.165, 1.54) is 0 Å². The maximum Gasteiger partial charge on any atom is 0.231 e. The minimum Gasteiger partial charge on any atom is -0.493 e. The minimum absolute atomic E-state index is 0.0974. The standard InChI is InChI=1S/C24H25NO5/c1-24(2)10-16-22(17(26)11-24)21(13-6-5-7-18(27-3)23(13)28-4)14-8-19-20(30-12-29-19)9-15(14)25-16/h5-9,21,25H,10-12H2,1-4H3. The summed E-state index contributed by atoms with van der Waals surface area (Å²) < 4.78 is 22.5. The van der Waals surface area contributed by atoms with Crippen molar-refractivity contribution in [1.29, 1.82) is 0 Å². The van der Waals surface area contributed by atoms with E-state index in [0.29, 0.717) is 29.4 Å². The molecule has 0 radical (unpaired) electrons. The molecule has 6 nitrogen and oxygen atoms in total. The quantitative estimate of drug-likeness (QED) is 0.800. The Labute approximate surface area is 175 Å². The van der Waals surface area contributed by atoms with Crippen LogP contribution >= 0.6 is 0 Å². The zero-order valence-electron chi connectivity index (χ0n) is 17.6. The highest BCUT2D eigenvalue weighted by molar-refractivity contribution is 6.02. The van der Waals surface area contributed by atoms with Gasteiger partial charge in [0.2, 0.25) is 6.79 Å². The molecule has 2 aliphatic heterocycles. The summed E-state index contributed by atoms with van der Waals surface area (Å²) in [4.78, 5) is 13.4. The molecule has 0 spiro atoms. The lowest BCUT2D eigenvalue weighted by molar-refractivity contribution is -0.118. The summed E-state index contributed by atoms with van der Waals surface area (Å²) in [5.41, 5.74) is 4.47. The van der Waals surface area contributed by atoms with Crippen LogP contribution in [0.15, 0.2) is 41.6 Å². The average molecular weight is 407 g/mol. The summed E-state index contributed by atoms with van der Waals surface area (Å²) in [6, 6.07) is 9.75. The number of carbonyl (C=O) groups excluding carboxylic acids is 1. The third-order valence-electron chi connectivity index (χ3n) is 6.09. The van der Waals surface area contributed by atoms with E-state index in [-0.39, 0.29) is 23.9 Å². The van der Waals surface area contributed by atoms with Crippen molar-refractivity contribution >= 4 is 11.5 Å². The number of ether oxygens (including phenoxy) is 4. The summed E-state index contributed by atoms with van der Waals surface area (Å²) in [6.07, 6.45) is 1.31. The number of Topliss-reactive ketones (excluding diaryl/α,β-unsaturated/α-hetero) is 1. The SMILES string of the molecule is COc1cccc(C2C3=C(CC(C)(C)CC3=O)Nc3cc4c(cc32)OCO4)c1OC. The van der Waals surface area contributed by atoms with Gasteiger partial charge < -0.3 is 24.3 Å². The lowest BCUT2D eigenvalue weighted by Crippen LogP contribution is -2.33. The topological polar surface area (TPSA) is 66.0 Å². The van der Waals surface area contributed by atoms with E-state index in [4.69, 9.17) is 18.9 Å². The smallest absolute Gasteiger partial charge is 0.231 e. The molecule has 0 aromatic heterocycles. The Hall–Kier alpha value is -3.15. The second-order valence-corrected chi connectivity index (χ2v) is 8.77. The van der Waals surface area contributed by atoms with Gasteiger partial charge in [0.1, 0.15) is 0 Å². The van der Waals surface area contributed by atoms with Gasteiger partial charge >= 0.3 is 0 Å². The van der Waals surface area contributed by atoms with Gasteiger partial charge in [-0.1, -0.05) is 26.0 Å². The molecule has 1 aliphatic carbocycles. The molecular weight excluding hydrogens is 382 g/mol. The van der Waals surface area contributed by atoms with Crippen LogP contribution in [0.2, 0.25) is 0 Å². The van der Waals surface area contributed by atoms with Crippen LogP contribution in [0.4, 0.5) is 5.69 Å². The Balaban J connectivity index is 1.77. The Kier molecular flexibility index (Phi) is 4.20. The first-order valence-electron chi connectivity index (χ1n) is 10.1. The zero-order chi connectivity index (χ0) is 21.0. The molecule has 156 valence electrons. The van der Waals surface area contributed by atoms with Gasteiger partial charge in [0, 0.05) is 40.9 Å². The molecule has 0 amide bonds. The normalized spacial score (nSPS) is 20.9. The number of para-hydroxylation sites is 1. The van der Waals surface area contributed by atoms with Gasteiger partial charge in [0.15, 0.2) is 28.8 Å². The van der Waals surface area contributed by atoms with Gasteiger partial charge in [0.05, 0.1) is 14.2 Å². The third-order valence-corrected chi connectivity index (χ3v) is 6.09. The number of ketones is 1. The molecule has 2 aromatic rings. The highest BCUT2D eigenvalue weighted by Gasteiger charge is 2.42. The second-order valence-electron chi connectivity index (χ2n) is 8.77. The predicted octanol–water partition coefficient (Wildman–Crippen LogP) is 4.63. The van der Waals surface area contributed by atoms with Crippen molar-refractivity contribution in [1.82, 2.24) is 0 Å². The molecular formula is C24H25NO5. The first-order valence-corrected chi connectivity index (χ1v) is 10.1. The highest BCUT2D eigenvalue weighted by atomic mass is 16.7. The van der Waals surface area contributed by atoms with E-state index >= 15 is 0 Å². The van der Waals surface area contributed by atoms with E-state index in [1.807, 2.05) is 30.3 Å². The molecule has 2 aromatic carbocycles. The Bertz CT molecular complexity index is 1090. The summed E-state index contributed by atoms with van der Waals surface area (Å²) in [6.45, 7) is 4.46. The van der Waals surface area contributed by atoms with E-state index in [9.17, 15) is 4.79 Å². The molecule has 0 bridgehead atoms. The Morgan fingerprint density at radius 1 is 1.03 bits per heavy atom. The number of anilines is 1. The predicted molar refractivity (Wildman–Crippen MR) is 113 cm³/mol. The minimum atomic E-state index is -0.278. The van der Waals surface area contributed by atoms with E-state index < -0.39 is 0 Å². The average Bonchev–Trinajstić information content (AvgIpc) is 3.16. The molecule has 0 fully saturated rings. The second kappa shape index (κ2) is 6.69. The summed E-state index contributed by atoms with van der Waals surface area (Å²) in [5, 5.41) is 3.53. The number of allylic oxidation sites excluding steroid dienone is 2. The van der Waals surface area contributed by atoms with Crippen LogP contribution in [0.1, 0.15) is 43.7 Å². The number of rotatable bonds is 3. The van der Waals surface area contributed by atoms with Crippen molar-refractivity contribution in [2.75, 3.05) is 26.3 Å². The fourth-order valence-electron chi connectivity index (χ4n) is 4.87. The Morgan fingerprint density at radius 2 is 1.80 bits per heavy atom. The van der Waals surface area contributed by atoms with Crippen LogP contribution in [0.3, 0.4) is 0 Å². The molecule has 1 unspecified atom stereocenters. The van der Waals surface area contributed by atoms with Crippen LogP contribution < -0.4 is 24.3 Å². The molecule has 30 heavy (non-hydrogen) atoms. The number of fused-ring (bicyclic) bond motifs is 2. The zero-order valence-corrected chi connectivity index (χ0v) is 17.6. The van der Waals surface area contributed by atoms with E-state index in [0.717, 1.165) is 34.5 Å². The number of methoxy groups -OCH3 is 2. The molecule has 5 rings (SSSR count). The van der Waals surface area contributed by atoms with Crippen LogP contribution in [-0.2, 0) is 4.79 Å². The maximum atomic E-state index is 13.4. The van der Waals surface area contributed by atoms with Crippen LogP contribution in [0.25, 0.3) is 0 Å². The highest BCUT2D eigenvalue weighted by Crippen LogP contribution is 2.54. The summed E-state index contributed by atoms with van der Waals surface area (Å²) >= 11 is 0. The molecule has 1 atom stereocenters. The van der Waals surface area contributed by atoms with Gasteiger partial charge in [-0.25, -0.2) is 0 Å². The van der Waals surface area contributed by atoms with Crippen molar-refractivity contribution in [2.24, 2.45) is 5.41 Å². The van der Waals surface area contributed by atoms with E-state index in [1.54, 1.807) is 14.2 Å². The van der Waals surface area contributed by atoms with Gasteiger partial charge in [-0.05, 0) is 29.5 Å². The number of hydrogen-bond donors (Lipinski definition) is 1. The third kappa shape index (κ3) is 2.82. The number of nitrogens with one attached hydrogen (secondary N) is 1. The fourth-order valence-corrected chi connectivity index (χ4v) is 4.87. The largest absolute Gasteiger partial charge is 0.493 e. The summed E-state index contributed by atoms with van der Waals surface area (Å²) in [7, 11) is 3.25. The van der Waals surface area contributed by atoms with Crippen molar-refractivity contribution < 1.29 is 23.7 Å². The van der Waals surface area contributed by atoms with Gasteiger partial charge in [0.25, 0.3) is 0 Å². The number of hydrogen-bond acceptors (Lipinski definition) is 6. The number of carbonyl (C=O) groups is 1. The van der Waals surface area contributed by atoms with Gasteiger partial charge in [-0.15, -0.1) is 0 Å². The van der Waals surface area contributed by atoms with Gasteiger partial charge in [-0.2, -0.15) is 0 Å². The number of benzene rings is 2. The molecule has 1 N–H and O–H groups in total. The molecule has 2 heterocycles. The molecule has 6 heteroatoms. The fraction of sp³-hybridized carbons (Fsp3) is 0.375. The lowest BCUT2D eigenvalue weighted by Gasteiger charge is -2.39. The Morgan fingerprint density at radius 3 is 2.53 bits per heavy atom. The lowest BCUT2D eigenvalue weighted by atomic mass is 9.68. The molecule has 0 saturated carbocycles. The van der Waals surface area contributed by atoms with Crippen LogP contribution in [0.5, 0.6) is 23.0 Å². The van der Waals surface area contributed by atoms with E-state index in [2.05, 4.69) is 19.2 Å². The first kappa shape index (κ1) is 18.9. The van der Waals surface area contributed by atoms with Gasteiger partial charge in [-0.3, -0.25) is 4.79 Å². The molecule has 0 saturated heterocycles. The summed E-state index contributed by atoms with van der Waals surface area (Å²) in [5.74, 6) is 2.56. The monoisotopic (exact) mass is 407 g/mol. The van der Waals surface area contributed by atoms with Crippen LogP contribution in [0, 0.1) is 5.41 Å².